The van der Waals surface area contributed by atoms with Crippen molar-refractivity contribution in [3.63, 3.8) is 0 Å². The number of halogens is 2. The average Bonchev–Trinajstić information content (AvgIpc) is 2.83. The molecule has 1 aliphatic rings. The zero-order valence-electron chi connectivity index (χ0n) is 11.1. The second-order valence-electron chi connectivity index (χ2n) is 5.07. The van der Waals surface area contributed by atoms with Crippen molar-refractivity contribution in [2.75, 3.05) is 11.4 Å². The molecule has 2 N–H and O–H groups in total. The van der Waals surface area contributed by atoms with Crippen LogP contribution in [0.1, 0.15) is 16.7 Å². The number of nitrogens with zero attached hydrogens (tertiary/aromatic N) is 1. The van der Waals surface area contributed by atoms with Gasteiger partial charge in [0, 0.05) is 30.3 Å². The summed E-state index contributed by atoms with van der Waals surface area (Å²) in [7, 11) is 0. The molecule has 4 heteroatoms. The Morgan fingerprint density at radius 1 is 1.20 bits per heavy atom. The van der Waals surface area contributed by atoms with E-state index in [0.29, 0.717) is 13.1 Å². The molecular formula is C16H16ClFN2. The largest absolute Gasteiger partial charge is 0.367 e. The Labute approximate surface area is 123 Å². The highest BCUT2D eigenvalue weighted by Crippen LogP contribution is 2.31. The van der Waals surface area contributed by atoms with Crippen molar-refractivity contribution in [1.82, 2.24) is 0 Å². The third-order valence-corrected chi connectivity index (χ3v) is 4.11. The summed E-state index contributed by atoms with van der Waals surface area (Å²) in [5.74, 6) is -0.194. The Bertz CT molecular complexity index is 642. The maximum absolute atomic E-state index is 13.4. The minimum absolute atomic E-state index is 0.194. The molecule has 1 heterocycles. The number of nitrogens with two attached hydrogens (primary N) is 1. The molecule has 0 atom stereocenters. The van der Waals surface area contributed by atoms with Crippen molar-refractivity contribution in [3.8, 4) is 0 Å². The molecule has 0 aromatic heterocycles. The third kappa shape index (κ3) is 2.51. The van der Waals surface area contributed by atoms with Crippen LogP contribution in [-0.2, 0) is 19.5 Å². The quantitative estimate of drug-likeness (QED) is 0.937. The van der Waals surface area contributed by atoms with Crippen LogP contribution in [0, 0.1) is 5.82 Å². The molecule has 0 bridgehead atoms. The predicted molar refractivity (Wildman–Crippen MR) is 80.5 cm³/mol. The molecule has 0 fully saturated rings. The van der Waals surface area contributed by atoms with E-state index in [-0.39, 0.29) is 5.82 Å². The van der Waals surface area contributed by atoms with Crippen LogP contribution in [0.2, 0.25) is 5.02 Å². The summed E-state index contributed by atoms with van der Waals surface area (Å²) in [6, 6.07) is 10.9. The van der Waals surface area contributed by atoms with Gasteiger partial charge in [0.2, 0.25) is 0 Å². The fraction of sp³-hybridized carbons (Fsp3) is 0.250. The fourth-order valence-corrected chi connectivity index (χ4v) is 2.90. The Kier molecular flexibility index (Phi) is 3.64. The molecule has 0 radical (unpaired) electrons. The van der Waals surface area contributed by atoms with Crippen LogP contribution in [-0.4, -0.2) is 6.54 Å². The first-order chi connectivity index (χ1) is 9.67. The molecule has 1 aliphatic heterocycles. The summed E-state index contributed by atoms with van der Waals surface area (Å²) in [6.07, 6.45) is 0.952. The van der Waals surface area contributed by atoms with Crippen molar-refractivity contribution in [2.24, 2.45) is 5.73 Å². The lowest BCUT2D eigenvalue weighted by Gasteiger charge is -2.20. The lowest BCUT2D eigenvalue weighted by Crippen LogP contribution is -2.20. The van der Waals surface area contributed by atoms with Crippen molar-refractivity contribution >= 4 is 17.3 Å². The Morgan fingerprint density at radius 3 is 2.80 bits per heavy atom. The standard InChI is InChI=1S/C16H16ClFN2/c17-15-7-11(9-19)1-2-13(15)10-20-6-5-12-3-4-14(18)8-16(12)20/h1-4,7-8H,5-6,9-10,19H2. The molecule has 2 aromatic carbocycles. The van der Waals surface area contributed by atoms with Crippen LogP contribution in [0.5, 0.6) is 0 Å². The van der Waals surface area contributed by atoms with E-state index < -0.39 is 0 Å². The van der Waals surface area contributed by atoms with Crippen molar-refractivity contribution in [2.45, 2.75) is 19.5 Å². The van der Waals surface area contributed by atoms with Crippen LogP contribution < -0.4 is 10.6 Å². The number of hydrogen-bond acceptors (Lipinski definition) is 2. The molecule has 2 nitrogen and oxygen atoms in total. The maximum atomic E-state index is 13.4. The molecule has 0 spiro atoms. The first-order valence-electron chi connectivity index (χ1n) is 6.68. The van der Waals surface area contributed by atoms with Gasteiger partial charge in [-0.15, -0.1) is 0 Å². The zero-order valence-corrected chi connectivity index (χ0v) is 11.8. The second-order valence-corrected chi connectivity index (χ2v) is 5.48. The van der Waals surface area contributed by atoms with Crippen LogP contribution >= 0.6 is 11.6 Å². The maximum Gasteiger partial charge on any atom is 0.125 e. The van der Waals surface area contributed by atoms with Gasteiger partial charge in [0.1, 0.15) is 5.82 Å². The molecule has 20 heavy (non-hydrogen) atoms. The molecular weight excluding hydrogens is 275 g/mol. The monoisotopic (exact) mass is 290 g/mol. The first-order valence-corrected chi connectivity index (χ1v) is 7.06. The summed E-state index contributed by atoms with van der Waals surface area (Å²) < 4.78 is 13.4. The SMILES string of the molecule is NCc1ccc(CN2CCc3ccc(F)cc32)c(Cl)c1. The average molecular weight is 291 g/mol. The first kappa shape index (κ1) is 13.4. The molecule has 0 amide bonds. The lowest BCUT2D eigenvalue weighted by molar-refractivity contribution is 0.627. The Morgan fingerprint density at radius 2 is 2.05 bits per heavy atom. The smallest absolute Gasteiger partial charge is 0.125 e. The van der Waals surface area contributed by atoms with Crippen LogP contribution in [0.4, 0.5) is 10.1 Å². The number of benzene rings is 2. The van der Waals surface area contributed by atoms with Crippen molar-refractivity contribution in [3.05, 3.63) is 63.9 Å². The molecule has 0 aliphatic carbocycles. The topological polar surface area (TPSA) is 29.3 Å². The van der Waals surface area contributed by atoms with Gasteiger partial charge in [-0.25, -0.2) is 4.39 Å². The van der Waals surface area contributed by atoms with Gasteiger partial charge >= 0.3 is 0 Å². The van der Waals surface area contributed by atoms with E-state index in [2.05, 4.69) is 4.90 Å². The normalized spacial score (nSPS) is 13.7. The highest BCUT2D eigenvalue weighted by atomic mass is 35.5. The van der Waals surface area contributed by atoms with Gasteiger partial charge in [-0.05, 0) is 41.3 Å². The second kappa shape index (κ2) is 5.43. The van der Waals surface area contributed by atoms with Crippen LogP contribution in [0.3, 0.4) is 0 Å². The van der Waals surface area contributed by atoms with E-state index >= 15 is 0 Å². The van der Waals surface area contributed by atoms with E-state index in [1.165, 1.54) is 11.6 Å². The summed E-state index contributed by atoms with van der Waals surface area (Å²) >= 11 is 6.29. The summed E-state index contributed by atoms with van der Waals surface area (Å²) in [5.41, 5.74) is 9.84. The van der Waals surface area contributed by atoms with Gasteiger partial charge < -0.3 is 10.6 Å². The van der Waals surface area contributed by atoms with E-state index in [1.807, 2.05) is 24.3 Å². The van der Waals surface area contributed by atoms with Gasteiger partial charge in [-0.2, -0.15) is 0 Å². The number of fused-ring (bicyclic) bond motifs is 1. The number of anilines is 1. The summed E-state index contributed by atoms with van der Waals surface area (Å²) in [5, 5.41) is 0.720. The van der Waals surface area contributed by atoms with Crippen molar-refractivity contribution < 1.29 is 4.39 Å². The molecule has 2 aromatic rings. The van der Waals surface area contributed by atoms with Gasteiger partial charge in [-0.1, -0.05) is 29.8 Å². The summed E-state index contributed by atoms with van der Waals surface area (Å²) in [6.45, 7) is 2.08. The number of hydrogen-bond donors (Lipinski definition) is 1. The highest BCUT2D eigenvalue weighted by Gasteiger charge is 2.20. The lowest BCUT2D eigenvalue weighted by atomic mass is 10.1. The minimum atomic E-state index is -0.194. The van der Waals surface area contributed by atoms with E-state index in [1.54, 1.807) is 6.07 Å². The molecule has 104 valence electrons. The van der Waals surface area contributed by atoms with Crippen molar-refractivity contribution in [1.29, 1.82) is 0 Å². The van der Waals surface area contributed by atoms with Crippen LogP contribution in [0.25, 0.3) is 0 Å². The predicted octanol–water partition coefficient (Wildman–Crippen LogP) is 3.50. The van der Waals surface area contributed by atoms with Gasteiger partial charge in [0.25, 0.3) is 0 Å². The Balaban J connectivity index is 1.85. The third-order valence-electron chi connectivity index (χ3n) is 3.75. The van der Waals surface area contributed by atoms with E-state index in [0.717, 1.165) is 34.8 Å². The van der Waals surface area contributed by atoms with Gasteiger partial charge in [-0.3, -0.25) is 0 Å². The van der Waals surface area contributed by atoms with Gasteiger partial charge in [0.15, 0.2) is 0 Å². The molecule has 0 unspecified atom stereocenters. The van der Waals surface area contributed by atoms with E-state index in [9.17, 15) is 4.39 Å². The molecule has 0 saturated carbocycles. The van der Waals surface area contributed by atoms with E-state index in [4.69, 9.17) is 17.3 Å². The van der Waals surface area contributed by atoms with Gasteiger partial charge in [0.05, 0.1) is 0 Å². The highest BCUT2D eigenvalue weighted by molar-refractivity contribution is 6.31. The Hall–Kier alpha value is -1.58. The number of rotatable bonds is 3. The molecule has 3 rings (SSSR count). The fourth-order valence-electron chi connectivity index (χ4n) is 2.63. The zero-order chi connectivity index (χ0) is 14.1. The minimum Gasteiger partial charge on any atom is -0.367 e. The molecule has 0 saturated heterocycles. The summed E-state index contributed by atoms with van der Waals surface area (Å²) in [4.78, 5) is 2.17. The van der Waals surface area contributed by atoms with Crippen LogP contribution in [0.15, 0.2) is 36.4 Å².